The molecule has 1 aliphatic rings. The van der Waals surface area contributed by atoms with Crippen molar-refractivity contribution in [1.29, 1.82) is 0 Å². The summed E-state index contributed by atoms with van der Waals surface area (Å²) in [6.45, 7) is 4.75. The zero-order chi connectivity index (χ0) is 16.5. The molecule has 1 atom stereocenters. The highest BCUT2D eigenvalue weighted by Crippen LogP contribution is 2.23. The van der Waals surface area contributed by atoms with Crippen LogP contribution in [0.2, 0.25) is 0 Å². The van der Waals surface area contributed by atoms with E-state index in [2.05, 4.69) is 19.6 Å². The first-order valence-electron chi connectivity index (χ1n) is 7.86. The molecular formula is C16H18N6OS. The summed E-state index contributed by atoms with van der Waals surface area (Å²) in [6, 6.07) is 1.99. The van der Waals surface area contributed by atoms with Gasteiger partial charge in [0, 0.05) is 37.9 Å². The third-order valence-electron chi connectivity index (χ3n) is 4.32. The maximum Gasteiger partial charge on any atom is 0.264 e. The normalized spacial score (nSPS) is 17.5. The molecule has 124 valence electrons. The zero-order valence-electron chi connectivity index (χ0n) is 13.4. The first-order valence-corrected chi connectivity index (χ1v) is 8.74. The van der Waals surface area contributed by atoms with Crippen LogP contribution in [0.25, 0.3) is 0 Å². The second-order valence-corrected chi connectivity index (χ2v) is 7.01. The van der Waals surface area contributed by atoms with Gasteiger partial charge in [0.2, 0.25) is 0 Å². The summed E-state index contributed by atoms with van der Waals surface area (Å²) in [5.74, 6) is 1.27. The van der Waals surface area contributed by atoms with Crippen molar-refractivity contribution < 1.29 is 4.79 Å². The lowest BCUT2D eigenvalue weighted by molar-refractivity contribution is 0.0717. The zero-order valence-corrected chi connectivity index (χ0v) is 14.2. The van der Waals surface area contributed by atoms with Gasteiger partial charge in [0.15, 0.2) is 0 Å². The molecule has 4 heterocycles. The molecule has 0 N–H and O–H groups in total. The smallest absolute Gasteiger partial charge is 0.264 e. The van der Waals surface area contributed by atoms with Gasteiger partial charge in [-0.05, 0) is 23.9 Å². The van der Waals surface area contributed by atoms with Crippen LogP contribution in [0, 0.1) is 12.8 Å². The molecule has 1 amide bonds. The Morgan fingerprint density at radius 2 is 2.33 bits per heavy atom. The van der Waals surface area contributed by atoms with Crippen molar-refractivity contribution in [2.24, 2.45) is 5.92 Å². The van der Waals surface area contributed by atoms with Gasteiger partial charge in [-0.3, -0.25) is 9.48 Å². The quantitative estimate of drug-likeness (QED) is 0.728. The van der Waals surface area contributed by atoms with Gasteiger partial charge >= 0.3 is 0 Å². The van der Waals surface area contributed by atoms with Crippen LogP contribution in [0.3, 0.4) is 0 Å². The minimum atomic E-state index is 0.0857. The summed E-state index contributed by atoms with van der Waals surface area (Å²) in [7, 11) is 0. The van der Waals surface area contributed by atoms with Crippen molar-refractivity contribution in [2.45, 2.75) is 26.6 Å². The standard InChI is InChI=1S/C16H18N6OS/c1-12-2-5-24-15(12)16(23)21-7-13(8-22-11-17-10-19-22)6-20-4-3-18-14(20)9-21/h2-5,10-11,13H,6-9H2,1H3. The molecule has 1 unspecified atom stereocenters. The summed E-state index contributed by atoms with van der Waals surface area (Å²) in [6.07, 6.45) is 7.03. The van der Waals surface area contributed by atoms with Gasteiger partial charge in [-0.15, -0.1) is 11.3 Å². The predicted molar refractivity (Wildman–Crippen MR) is 89.5 cm³/mol. The molecule has 0 spiro atoms. The largest absolute Gasteiger partial charge is 0.333 e. The average Bonchev–Trinajstić information content (AvgIpc) is 3.28. The van der Waals surface area contributed by atoms with Gasteiger partial charge in [0.25, 0.3) is 5.91 Å². The number of aryl methyl sites for hydroxylation is 1. The Hall–Kier alpha value is -2.48. The molecule has 8 heteroatoms. The maximum absolute atomic E-state index is 13.0. The van der Waals surface area contributed by atoms with Crippen LogP contribution in [0.4, 0.5) is 0 Å². The lowest BCUT2D eigenvalue weighted by Crippen LogP contribution is -2.35. The second kappa shape index (κ2) is 6.20. The van der Waals surface area contributed by atoms with E-state index >= 15 is 0 Å². The van der Waals surface area contributed by atoms with E-state index in [0.717, 1.165) is 29.4 Å². The third-order valence-corrected chi connectivity index (χ3v) is 5.33. The van der Waals surface area contributed by atoms with Gasteiger partial charge in [-0.1, -0.05) is 0 Å². The van der Waals surface area contributed by atoms with Crippen molar-refractivity contribution in [2.75, 3.05) is 6.54 Å². The van der Waals surface area contributed by atoms with E-state index in [1.54, 1.807) is 12.5 Å². The number of nitrogens with zero attached hydrogens (tertiary/aromatic N) is 6. The molecular weight excluding hydrogens is 324 g/mol. The number of rotatable bonds is 3. The van der Waals surface area contributed by atoms with E-state index in [9.17, 15) is 4.79 Å². The van der Waals surface area contributed by atoms with Gasteiger partial charge in [-0.2, -0.15) is 5.10 Å². The molecule has 0 bridgehead atoms. The van der Waals surface area contributed by atoms with Crippen molar-refractivity contribution in [1.82, 2.24) is 29.2 Å². The average molecular weight is 342 g/mol. The Morgan fingerprint density at radius 1 is 1.42 bits per heavy atom. The molecule has 0 saturated carbocycles. The van der Waals surface area contributed by atoms with E-state index in [4.69, 9.17) is 0 Å². The predicted octanol–water partition coefficient (Wildman–Crippen LogP) is 1.82. The van der Waals surface area contributed by atoms with E-state index in [1.165, 1.54) is 17.7 Å². The second-order valence-electron chi connectivity index (χ2n) is 6.10. The molecule has 3 aromatic rings. The lowest BCUT2D eigenvalue weighted by Gasteiger charge is -2.23. The summed E-state index contributed by atoms with van der Waals surface area (Å²) < 4.78 is 3.96. The lowest BCUT2D eigenvalue weighted by atomic mass is 10.1. The number of thiophene rings is 1. The highest BCUT2D eigenvalue weighted by molar-refractivity contribution is 7.12. The Bertz CT molecular complexity index is 837. The van der Waals surface area contributed by atoms with Crippen LogP contribution in [-0.2, 0) is 19.6 Å². The van der Waals surface area contributed by atoms with Crippen molar-refractivity contribution >= 4 is 17.2 Å². The third kappa shape index (κ3) is 2.84. The fourth-order valence-electron chi connectivity index (χ4n) is 3.14. The van der Waals surface area contributed by atoms with E-state index in [1.807, 2.05) is 34.1 Å². The minimum Gasteiger partial charge on any atom is -0.333 e. The van der Waals surface area contributed by atoms with Crippen LogP contribution in [0.15, 0.2) is 36.5 Å². The molecule has 4 rings (SSSR count). The van der Waals surface area contributed by atoms with Crippen molar-refractivity contribution in [3.63, 3.8) is 0 Å². The molecule has 7 nitrogen and oxygen atoms in total. The highest BCUT2D eigenvalue weighted by atomic mass is 32.1. The Balaban J connectivity index is 1.61. The number of carbonyl (C=O) groups is 1. The Labute approximate surface area is 143 Å². The van der Waals surface area contributed by atoms with Gasteiger partial charge in [-0.25, -0.2) is 9.97 Å². The molecule has 1 aliphatic heterocycles. The monoisotopic (exact) mass is 342 g/mol. The van der Waals surface area contributed by atoms with Crippen molar-refractivity contribution in [3.05, 3.63) is 52.8 Å². The fourth-order valence-corrected chi connectivity index (χ4v) is 4.03. The molecule has 0 aliphatic carbocycles. The first kappa shape index (κ1) is 15.1. The van der Waals surface area contributed by atoms with Gasteiger partial charge in [0.05, 0.1) is 11.4 Å². The van der Waals surface area contributed by atoms with E-state index in [0.29, 0.717) is 13.1 Å². The molecule has 0 saturated heterocycles. The van der Waals surface area contributed by atoms with Gasteiger partial charge < -0.3 is 9.47 Å². The number of hydrogen-bond acceptors (Lipinski definition) is 5. The maximum atomic E-state index is 13.0. The molecule has 3 aromatic heterocycles. The molecule has 24 heavy (non-hydrogen) atoms. The van der Waals surface area contributed by atoms with Crippen molar-refractivity contribution in [3.8, 4) is 0 Å². The first-order chi connectivity index (χ1) is 11.7. The molecule has 0 aromatic carbocycles. The SMILES string of the molecule is Cc1ccsc1C(=O)N1Cc2nccn2CC(Cn2cncn2)C1. The summed E-state index contributed by atoms with van der Waals surface area (Å²) in [5.41, 5.74) is 1.03. The number of amides is 1. The minimum absolute atomic E-state index is 0.0857. The van der Waals surface area contributed by atoms with E-state index in [-0.39, 0.29) is 11.8 Å². The number of imidazole rings is 1. The number of carbonyl (C=O) groups excluding carboxylic acids is 1. The fraction of sp³-hybridized carbons (Fsp3) is 0.375. The van der Waals surface area contributed by atoms with Gasteiger partial charge in [0.1, 0.15) is 18.5 Å². The summed E-state index contributed by atoms with van der Waals surface area (Å²) in [5, 5.41) is 6.16. The van der Waals surface area contributed by atoms with Crippen LogP contribution in [0.1, 0.15) is 21.1 Å². The number of fused-ring (bicyclic) bond motifs is 1. The van der Waals surface area contributed by atoms with Crippen LogP contribution >= 0.6 is 11.3 Å². The van der Waals surface area contributed by atoms with Crippen LogP contribution in [0.5, 0.6) is 0 Å². The topological polar surface area (TPSA) is 68.8 Å². The van der Waals surface area contributed by atoms with Crippen LogP contribution < -0.4 is 0 Å². The Kier molecular flexibility index (Phi) is 3.89. The van der Waals surface area contributed by atoms with E-state index < -0.39 is 0 Å². The Morgan fingerprint density at radius 3 is 3.08 bits per heavy atom. The molecule has 0 radical (unpaired) electrons. The molecule has 0 fully saturated rings. The number of hydrogen-bond donors (Lipinski definition) is 0. The summed E-state index contributed by atoms with van der Waals surface area (Å²) in [4.78, 5) is 24.1. The summed E-state index contributed by atoms with van der Waals surface area (Å²) >= 11 is 1.50. The van der Waals surface area contributed by atoms with Crippen LogP contribution in [-0.4, -0.2) is 41.7 Å². The number of aromatic nitrogens is 5. The highest BCUT2D eigenvalue weighted by Gasteiger charge is 2.27.